The van der Waals surface area contributed by atoms with E-state index in [4.69, 9.17) is 5.73 Å². The van der Waals surface area contributed by atoms with Gasteiger partial charge >= 0.3 is 6.03 Å². The topological polar surface area (TPSA) is 64.2 Å². The van der Waals surface area contributed by atoms with E-state index >= 15 is 0 Å². The maximum atomic E-state index is 10.8. The highest BCUT2D eigenvalue weighted by Gasteiger charge is 2.18. The van der Waals surface area contributed by atoms with Crippen LogP contribution in [0.15, 0.2) is 12.4 Å². The van der Waals surface area contributed by atoms with E-state index in [9.17, 15) is 4.79 Å². The van der Waals surface area contributed by atoms with Crippen LogP contribution in [-0.2, 0) is 13.1 Å². The Morgan fingerprint density at radius 2 is 2.42 bits per heavy atom. The summed E-state index contributed by atoms with van der Waals surface area (Å²) < 4.78 is 2.03. The number of rotatable bonds is 0. The van der Waals surface area contributed by atoms with Gasteiger partial charge in [-0.3, -0.25) is 0 Å². The van der Waals surface area contributed by atoms with E-state index in [-0.39, 0.29) is 6.03 Å². The molecule has 0 bridgehead atoms. The molecule has 1 aliphatic heterocycles. The number of carbonyl (C=O) groups is 1. The van der Waals surface area contributed by atoms with Crippen molar-refractivity contribution >= 4 is 6.03 Å². The molecule has 0 fully saturated rings. The molecule has 5 nitrogen and oxygen atoms in total. The van der Waals surface area contributed by atoms with Crippen LogP contribution < -0.4 is 5.73 Å². The van der Waals surface area contributed by atoms with Crippen molar-refractivity contribution < 1.29 is 4.79 Å². The molecule has 0 saturated carbocycles. The molecule has 0 unspecified atom stereocenters. The molecule has 2 heterocycles. The Labute approximate surface area is 69.8 Å². The fourth-order valence-electron chi connectivity index (χ4n) is 1.36. The highest BCUT2D eigenvalue weighted by molar-refractivity contribution is 5.71. The summed E-state index contributed by atoms with van der Waals surface area (Å²) in [6.45, 7) is 2.00. The Morgan fingerprint density at radius 1 is 1.58 bits per heavy atom. The molecule has 64 valence electrons. The van der Waals surface area contributed by atoms with Crippen LogP contribution in [0.1, 0.15) is 5.82 Å². The molecular formula is C7H10N4O. The number of nitrogens with zero attached hydrogens (tertiary/aromatic N) is 3. The maximum Gasteiger partial charge on any atom is 0.315 e. The molecule has 0 atom stereocenters. The zero-order chi connectivity index (χ0) is 8.55. The van der Waals surface area contributed by atoms with Gasteiger partial charge in [0.15, 0.2) is 0 Å². The molecule has 0 spiro atoms. The van der Waals surface area contributed by atoms with Gasteiger partial charge in [-0.15, -0.1) is 0 Å². The summed E-state index contributed by atoms with van der Waals surface area (Å²) in [6.07, 6.45) is 3.65. The molecule has 2 rings (SSSR count). The molecule has 0 radical (unpaired) electrons. The Morgan fingerprint density at radius 3 is 3.17 bits per heavy atom. The second-order valence-corrected chi connectivity index (χ2v) is 2.80. The van der Waals surface area contributed by atoms with Crippen LogP contribution in [0.5, 0.6) is 0 Å². The zero-order valence-electron chi connectivity index (χ0n) is 6.60. The third kappa shape index (κ3) is 1.03. The maximum absolute atomic E-state index is 10.8. The lowest BCUT2D eigenvalue weighted by atomic mass is 10.4. The highest BCUT2D eigenvalue weighted by atomic mass is 16.2. The SMILES string of the molecule is NC(=O)N1CCn2ccnc2C1. The van der Waals surface area contributed by atoms with Crippen LogP contribution in [0.4, 0.5) is 4.79 Å². The average Bonchev–Trinajstić information content (AvgIpc) is 2.49. The lowest BCUT2D eigenvalue weighted by molar-refractivity contribution is 0.191. The first-order chi connectivity index (χ1) is 5.77. The molecule has 12 heavy (non-hydrogen) atoms. The fourth-order valence-corrected chi connectivity index (χ4v) is 1.36. The molecular weight excluding hydrogens is 156 g/mol. The summed E-state index contributed by atoms with van der Waals surface area (Å²) in [5, 5.41) is 0. The van der Waals surface area contributed by atoms with Crippen molar-refractivity contribution in [3.8, 4) is 0 Å². The van der Waals surface area contributed by atoms with Gasteiger partial charge in [-0.2, -0.15) is 0 Å². The van der Waals surface area contributed by atoms with Crippen LogP contribution in [0.3, 0.4) is 0 Å². The van der Waals surface area contributed by atoms with Crippen molar-refractivity contribution in [1.29, 1.82) is 0 Å². The minimum Gasteiger partial charge on any atom is -0.351 e. The Bertz CT molecular complexity index is 306. The molecule has 2 amide bonds. The standard InChI is InChI=1S/C7H10N4O/c8-7(12)11-4-3-10-2-1-9-6(10)5-11/h1-2H,3-5H2,(H2,8,12). The minimum absolute atomic E-state index is 0.371. The zero-order valence-corrected chi connectivity index (χ0v) is 6.60. The Kier molecular flexibility index (Phi) is 1.49. The van der Waals surface area contributed by atoms with Gasteiger partial charge < -0.3 is 15.2 Å². The third-order valence-corrected chi connectivity index (χ3v) is 2.06. The van der Waals surface area contributed by atoms with Gasteiger partial charge in [0.05, 0.1) is 6.54 Å². The van der Waals surface area contributed by atoms with E-state index in [1.165, 1.54) is 0 Å². The molecule has 0 saturated heterocycles. The molecule has 2 N–H and O–H groups in total. The molecule has 0 aromatic carbocycles. The number of hydrogen-bond donors (Lipinski definition) is 1. The first-order valence-electron chi connectivity index (χ1n) is 3.82. The number of aromatic nitrogens is 2. The largest absolute Gasteiger partial charge is 0.351 e. The van der Waals surface area contributed by atoms with Crippen LogP contribution in [0.2, 0.25) is 0 Å². The van der Waals surface area contributed by atoms with Crippen molar-refractivity contribution in [2.75, 3.05) is 6.54 Å². The smallest absolute Gasteiger partial charge is 0.315 e. The number of urea groups is 1. The monoisotopic (exact) mass is 166 g/mol. The number of amides is 2. The average molecular weight is 166 g/mol. The normalized spacial score (nSPS) is 15.8. The summed E-state index contributed by atoms with van der Waals surface area (Å²) in [5.41, 5.74) is 5.14. The summed E-state index contributed by atoms with van der Waals surface area (Å²) in [7, 11) is 0. The van der Waals surface area contributed by atoms with Gasteiger partial charge in [0.1, 0.15) is 5.82 Å². The lowest BCUT2D eigenvalue weighted by Crippen LogP contribution is -2.41. The third-order valence-electron chi connectivity index (χ3n) is 2.06. The predicted molar refractivity (Wildman–Crippen MR) is 42.2 cm³/mol. The number of primary amides is 1. The van der Waals surface area contributed by atoms with Crippen LogP contribution >= 0.6 is 0 Å². The van der Waals surface area contributed by atoms with E-state index in [1.807, 2.05) is 10.8 Å². The van der Waals surface area contributed by atoms with Crippen molar-refractivity contribution in [1.82, 2.24) is 14.5 Å². The first-order valence-corrected chi connectivity index (χ1v) is 3.82. The summed E-state index contributed by atoms with van der Waals surface area (Å²) in [4.78, 5) is 16.5. The van der Waals surface area contributed by atoms with Gasteiger partial charge in [0.25, 0.3) is 0 Å². The lowest BCUT2D eigenvalue weighted by Gasteiger charge is -2.25. The van der Waals surface area contributed by atoms with E-state index in [0.29, 0.717) is 13.1 Å². The van der Waals surface area contributed by atoms with E-state index in [1.54, 1.807) is 11.1 Å². The summed E-state index contributed by atoms with van der Waals surface area (Å²) >= 11 is 0. The van der Waals surface area contributed by atoms with Gasteiger partial charge in [-0.25, -0.2) is 9.78 Å². The summed E-state index contributed by atoms with van der Waals surface area (Å²) in [6, 6.07) is -0.371. The number of imidazole rings is 1. The molecule has 5 heteroatoms. The summed E-state index contributed by atoms with van der Waals surface area (Å²) in [5.74, 6) is 0.903. The van der Waals surface area contributed by atoms with E-state index in [2.05, 4.69) is 4.98 Å². The predicted octanol–water partition coefficient (Wildman–Crippen LogP) is -0.223. The van der Waals surface area contributed by atoms with Crippen LogP contribution in [0.25, 0.3) is 0 Å². The van der Waals surface area contributed by atoms with Crippen molar-refractivity contribution in [2.45, 2.75) is 13.1 Å². The minimum atomic E-state index is -0.371. The van der Waals surface area contributed by atoms with Gasteiger partial charge in [0, 0.05) is 25.5 Å². The molecule has 1 aromatic heterocycles. The van der Waals surface area contributed by atoms with Gasteiger partial charge in [0.2, 0.25) is 0 Å². The van der Waals surface area contributed by atoms with Crippen LogP contribution in [-0.4, -0.2) is 27.0 Å². The van der Waals surface area contributed by atoms with Gasteiger partial charge in [-0.05, 0) is 0 Å². The van der Waals surface area contributed by atoms with E-state index in [0.717, 1.165) is 12.4 Å². The van der Waals surface area contributed by atoms with Crippen molar-refractivity contribution in [3.05, 3.63) is 18.2 Å². The quantitative estimate of drug-likeness (QED) is 0.579. The highest BCUT2D eigenvalue weighted by Crippen LogP contribution is 2.08. The molecule has 0 aliphatic carbocycles. The number of fused-ring (bicyclic) bond motifs is 1. The Balaban J connectivity index is 2.20. The molecule has 1 aromatic rings. The van der Waals surface area contributed by atoms with E-state index < -0.39 is 0 Å². The first kappa shape index (κ1) is 7.15. The van der Waals surface area contributed by atoms with Crippen molar-refractivity contribution in [3.63, 3.8) is 0 Å². The molecule has 1 aliphatic rings. The number of hydrogen-bond acceptors (Lipinski definition) is 2. The number of nitrogens with two attached hydrogens (primary N) is 1. The van der Waals surface area contributed by atoms with Crippen molar-refractivity contribution in [2.24, 2.45) is 5.73 Å². The fraction of sp³-hybridized carbons (Fsp3) is 0.429. The van der Waals surface area contributed by atoms with Crippen LogP contribution in [0, 0.1) is 0 Å². The Hall–Kier alpha value is -1.52. The number of carbonyl (C=O) groups excluding carboxylic acids is 1. The van der Waals surface area contributed by atoms with Gasteiger partial charge in [-0.1, -0.05) is 0 Å². The second kappa shape index (κ2) is 2.51. The second-order valence-electron chi connectivity index (χ2n) is 2.80.